The van der Waals surface area contributed by atoms with Gasteiger partial charge in [0, 0.05) is 26.1 Å². The summed E-state index contributed by atoms with van der Waals surface area (Å²) in [5.74, 6) is 1.38. The summed E-state index contributed by atoms with van der Waals surface area (Å²) < 4.78 is 17.7. The van der Waals surface area contributed by atoms with E-state index in [0.717, 1.165) is 63.6 Å². The molecule has 0 saturated carbocycles. The van der Waals surface area contributed by atoms with Crippen molar-refractivity contribution < 1.29 is 23.8 Å². The molecular formula is C28H43N3O5. The molecule has 200 valence electrons. The van der Waals surface area contributed by atoms with Crippen LogP contribution in [-0.4, -0.2) is 73.8 Å². The van der Waals surface area contributed by atoms with E-state index in [2.05, 4.69) is 17.1 Å². The van der Waals surface area contributed by atoms with Gasteiger partial charge in [-0.2, -0.15) is 0 Å². The Morgan fingerprint density at radius 3 is 2.39 bits per heavy atom. The van der Waals surface area contributed by atoms with Crippen molar-refractivity contribution in [3.8, 4) is 11.5 Å². The molecule has 1 aromatic carbocycles. The summed E-state index contributed by atoms with van der Waals surface area (Å²) in [6, 6.07) is 5.37. The highest BCUT2D eigenvalue weighted by Crippen LogP contribution is 2.35. The Labute approximate surface area is 215 Å². The largest absolute Gasteiger partial charge is 0.486 e. The Balaban J connectivity index is 1.53. The number of fused-ring (bicyclic) bond motifs is 1. The average Bonchev–Trinajstić information content (AvgIpc) is 3.61. The quantitative estimate of drug-likeness (QED) is 0.419. The van der Waals surface area contributed by atoms with Crippen LogP contribution in [0.15, 0.2) is 18.2 Å². The average molecular weight is 502 g/mol. The molecular weight excluding hydrogens is 458 g/mol. The van der Waals surface area contributed by atoms with Gasteiger partial charge in [0.2, 0.25) is 5.91 Å². The van der Waals surface area contributed by atoms with Gasteiger partial charge in [-0.3, -0.25) is 4.79 Å². The van der Waals surface area contributed by atoms with E-state index in [0.29, 0.717) is 50.8 Å². The van der Waals surface area contributed by atoms with Crippen LogP contribution in [0.2, 0.25) is 0 Å². The SMILES string of the molecule is CCCCCCCC(=O)NC(CN1CCCC1)C(OC(=O)N1CCCC1)c1ccc2c(c1)OCCO2. The number of benzene rings is 1. The van der Waals surface area contributed by atoms with Gasteiger partial charge in [0.1, 0.15) is 13.2 Å². The molecule has 3 aliphatic heterocycles. The first-order valence-corrected chi connectivity index (χ1v) is 14.0. The Bertz CT molecular complexity index is 852. The van der Waals surface area contributed by atoms with Crippen molar-refractivity contribution in [2.45, 2.75) is 83.3 Å². The second-order valence-electron chi connectivity index (χ2n) is 10.2. The number of hydrogen-bond donors (Lipinski definition) is 1. The zero-order valence-electron chi connectivity index (χ0n) is 21.8. The smallest absolute Gasteiger partial charge is 0.410 e. The van der Waals surface area contributed by atoms with Crippen LogP contribution < -0.4 is 14.8 Å². The maximum absolute atomic E-state index is 13.1. The van der Waals surface area contributed by atoms with Crippen LogP contribution in [0.25, 0.3) is 0 Å². The summed E-state index contributed by atoms with van der Waals surface area (Å²) in [6.45, 7) is 7.27. The summed E-state index contributed by atoms with van der Waals surface area (Å²) in [6.07, 6.45) is 9.36. The van der Waals surface area contributed by atoms with Crippen LogP contribution in [0.1, 0.15) is 82.8 Å². The molecule has 0 aromatic heterocycles. The number of nitrogens with zero attached hydrogens (tertiary/aromatic N) is 2. The Morgan fingerprint density at radius 1 is 0.944 bits per heavy atom. The van der Waals surface area contributed by atoms with Gasteiger partial charge in [-0.05, 0) is 62.9 Å². The molecule has 8 nitrogen and oxygen atoms in total. The molecule has 2 amide bonds. The van der Waals surface area contributed by atoms with Gasteiger partial charge >= 0.3 is 6.09 Å². The van der Waals surface area contributed by atoms with Crippen LogP contribution >= 0.6 is 0 Å². The maximum atomic E-state index is 13.1. The molecule has 36 heavy (non-hydrogen) atoms. The van der Waals surface area contributed by atoms with E-state index in [1.807, 2.05) is 18.2 Å². The van der Waals surface area contributed by atoms with Gasteiger partial charge in [0.25, 0.3) is 0 Å². The molecule has 8 heteroatoms. The third-order valence-electron chi connectivity index (χ3n) is 7.36. The molecule has 1 N–H and O–H groups in total. The molecule has 3 heterocycles. The van der Waals surface area contributed by atoms with Crippen molar-refractivity contribution in [2.24, 2.45) is 0 Å². The standard InChI is InChI=1S/C28H43N3O5/c1-2-3-4-5-6-11-26(32)29-23(21-30-14-7-8-15-30)27(36-28(33)31-16-9-10-17-31)22-12-13-24-25(20-22)35-19-18-34-24/h12-13,20,23,27H,2-11,14-19,21H2,1H3,(H,29,32). The van der Waals surface area contributed by atoms with Crippen LogP contribution in [0.3, 0.4) is 0 Å². The van der Waals surface area contributed by atoms with Crippen LogP contribution in [-0.2, 0) is 9.53 Å². The minimum absolute atomic E-state index is 0.0236. The lowest BCUT2D eigenvalue weighted by Gasteiger charge is -2.33. The lowest BCUT2D eigenvalue weighted by molar-refractivity contribution is -0.123. The highest BCUT2D eigenvalue weighted by Gasteiger charge is 2.34. The molecule has 2 fully saturated rings. The second kappa shape index (κ2) is 13.7. The number of likely N-dealkylation sites (tertiary alicyclic amines) is 2. The Morgan fingerprint density at radius 2 is 1.64 bits per heavy atom. The molecule has 0 radical (unpaired) electrons. The van der Waals surface area contributed by atoms with Gasteiger partial charge in [0.05, 0.1) is 6.04 Å². The number of rotatable bonds is 12. The van der Waals surface area contributed by atoms with Crippen molar-refractivity contribution in [1.29, 1.82) is 0 Å². The summed E-state index contributed by atoms with van der Waals surface area (Å²) in [7, 11) is 0. The van der Waals surface area contributed by atoms with Crippen molar-refractivity contribution in [1.82, 2.24) is 15.1 Å². The van der Waals surface area contributed by atoms with Gasteiger partial charge in [-0.25, -0.2) is 4.79 Å². The molecule has 0 bridgehead atoms. The normalized spacial score (nSPS) is 19.2. The molecule has 1 aromatic rings. The minimum atomic E-state index is -0.612. The van der Waals surface area contributed by atoms with E-state index in [9.17, 15) is 9.59 Å². The van der Waals surface area contributed by atoms with E-state index in [-0.39, 0.29) is 18.0 Å². The van der Waals surface area contributed by atoms with E-state index in [1.165, 1.54) is 12.8 Å². The van der Waals surface area contributed by atoms with E-state index >= 15 is 0 Å². The molecule has 4 rings (SSSR count). The molecule has 2 unspecified atom stereocenters. The third-order valence-corrected chi connectivity index (χ3v) is 7.36. The Hall–Kier alpha value is -2.48. The van der Waals surface area contributed by atoms with E-state index in [4.69, 9.17) is 14.2 Å². The minimum Gasteiger partial charge on any atom is -0.486 e. The van der Waals surface area contributed by atoms with E-state index in [1.54, 1.807) is 4.90 Å². The van der Waals surface area contributed by atoms with Crippen LogP contribution in [0, 0.1) is 0 Å². The van der Waals surface area contributed by atoms with Gasteiger partial charge in [-0.15, -0.1) is 0 Å². The summed E-state index contributed by atoms with van der Waals surface area (Å²) in [5, 5.41) is 3.26. The van der Waals surface area contributed by atoms with Crippen molar-refractivity contribution in [3.63, 3.8) is 0 Å². The maximum Gasteiger partial charge on any atom is 0.410 e. The predicted molar refractivity (Wildman–Crippen MR) is 138 cm³/mol. The zero-order valence-corrected chi connectivity index (χ0v) is 21.8. The fourth-order valence-electron chi connectivity index (χ4n) is 5.33. The fourth-order valence-corrected chi connectivity index (χ4v) is 5.33. The third kappa shape index (κ3) is 7.51. The van der Waals surface area contributed by atoms with Crippen LogP contribution in [0.5, 0.6) is 11.5 Å². The predicted octanol–water partition coefficient (Wildman–Crippen LogP) is 4.67. The fraction of sp³-hybridized carbons (Fsp3) is 0.714. The topological polar surface area (TPSA) is 80.3 Å². The van der Waals surface area contributed by atoms with Crippen molar-refractivity contribution in [2.75, 3.05) is 45.9 Å². The van der Waals surface area contributed by atoms with Crippen molar-refractivity contribution in [3.05, 3.63) is 23.8 Å². The number of hydrogen-bond acceptors (Lipinski definition) is 6. The molecule has 0 aliphatic carbocycles. The number of amides is 2. The first-order valence-electron chi connectivity index (χ1n) is 14.0. The highest BCUT2D eigenvalue weighted by molar-refractivity contribution is 5.76. The number of carbonyl (C=O) groups excluding carboxylic acids is 2. The lowest BCUT2D eigenvalue weighted by atomic mass is 10.00. The molecule has 2 saturated heterocycles. The summed E-state index contributed by atoms with van der Waals surface area (Å²) >= 11 is 0. The van der Waals surface area contributed by atoms with Crippen molar-refractivity contribution >= 4 is 12.0 Å². The lowest BCUT2D eigenvalue weighted by Crippen LogP contribution is -2.48. The first kappa shape index (κ1) is 26.6. The van der Waals surface area contributed by atoms with Gasteiger partial charge in [-0.1, -0.05) is 38.7 Å². The van der Waals surface area contributed by atoms with E-state index < -0.39 is 6.10 Å². The number of nitrogens with one attached hydrogen (secondary N) is 1. The summed E-state index contributed by atoms with van der Waals surface area (Å²) in [4.78, 5) is 30.3. The summed E-state index contributed by atoms with van der Waals surface area (Å²) in [5.41, 5.74) is 0.819. The van der Waals surface area contributed by atoms with Crippen LogP contribution in [0.4, 0.5) is 4.79 Å². The van der Waals surface area contributed by atoms with Gasteiger partial charge < -0.3 is 29.3 Å². The number of carbonyl (C=O) groups is 2. The number of ether oxygens (including phenoxy) is 3. The second-order valence-corrected chi connectivity index (χ2v) is 10.2. The van der Waals surface area contributed by atoms with Gasteiger partial charge in [0.15, 0.2) is 17.6 Å². The molecule has 0 spiro atoms. The highest BCUT2D eigenvalue weighted by atomic mass is 16.6. The first-order chi connectivity index (χ1) is 17.6. The molecule has 3 aliphatic rings. The Kier molecular flexibility index (Phi) is 10.1. The zero-order chi connectivity index (χ0) is 25.2. The monoisotopic (exact) mass is 501 g/mol. The molecule has 2 atom stereocenters. The number of unbranched alkanes of at least 4 members (excludes halogenated alkanes) is 4.